The highest BCUT2D eigenvalue weighted by Crippen LogP contribution is 2.33. The number of carbonyl (C=O) groups is 3. The summed E-state index contributed by atoms with van der Waals surface area (Å²) in [7, 11) is 0. The minimum absolute atomic E-state index is 0.0984. The summed E-state index contributed by atoms with van der Waals surface area (Å²) in [5.74, 6) is -1.54. The Morgan fingerprint density at radius 2 is 1.96 bits per heavy atom. The normalized spacial score (nSPS) is 26.8. The molecule has 2 aliphatic rings. The van der Waals surface area contributed by atoms with Gasteiger partial charge in [-0.15, -0.1) is 0 Å². The van der Waals surface area contributed by atoms with Gasteiger partial charge < -0.3 is 14.9 Å². The number of rotatable bonds is 3. The number of anilines is 1. The molecule has 0 saturated carbocycles. The van der Waals surface area contributed by atoms with E-state index in [1.165, 1.54) is 0 Å². The molecule has 1 aromatic carbocycles. The van der Waals surface area contributed by atoms with E-state index in [1.807, 2.05) is 0 Å². The van der Waals surface area contributed by atoms with Crippen molar-refractivity contribution in [1.82, 2.24) is 4.90 Å². The molecule has 1 N–H and O–H groups in total. The lowest BCUT2D eigenvalue weighted by Gasteiger charge is -2.38. The molecule has 0 aromatic heterocycles. The molecule has 0 aliphatic carbocycles. The zero-order chi connectivity index (χ0) is 18.2. The number of carboxylic acid groups (broad SMARTS) is 1. The quantitative estimate of drug-likeness (QED) is 0.893. The number of hydrogen-bond donors (Lipinski definition) is 1. The third-order valence-electron chi connectivity index (χ3n) is 5.14. The summed E-state index contributed by atoms with van der Waals surface area (Å²) >= 11 is 5.88. The highest BCUT2D eigenvalue weighted by molar-refractivity contribution is 6.30. The molecular weight excluding hydrogens is 344 g/mol. The predicted molar refractivity (Wildman–Crippen MR) is 93.5 cm³/mol. The van der Waals surface area contributed by atoms with E-state index >= 15 is 0 Å². The van der Waals surface area contributed by atoms with Gasteiger partial charge in [0.25, 0.3) is 0 Å². The molecule has 7 heteroatoms. The lowest BCUT2D eigenvalue weighted by molar-refractivity contribution is -0.154. The van der Waals surface area contributed by atoms with E-state index < -0.39 is 17.3 Å². The van der Waals surface area contributed by atoms with Gasteiger partial charge in [0.1, 0.15) is 0 Å². The number of aliphatic carboxylic acids is 1. The highest BCUT2D eigenvalue weighted by Gasteiger charge is 2.43. The Bertz CT molecular complexity index is 706. The number of carboxylic acids is 1. The highest BCUT2D eigenvalue weighted by atomic mass is 35.5. The summed E-state index contributed by atoms with van der Waals surface area (Å²) in [6.45, 7) is 2.74. The summed E-state index contributed by atoms with van der Waals surface area (Å²) < 4.78 is 0. The number of hydrogen-bond acceptors (Lipinski definition) is 3. The molecule has 0 spiro atoms. The van der Waals surface area contributed by atoms with Gasteiger partial charge in [0, 0.05) is 36.8 Å². The van der Waals surface area contributed by atoms with Crippen LogP contribution in [0.5, 0.6) is 0 Å². The van der Waals surface area contributed by atoms with Gasteiger partial charge in [-0.2, -0.15) is 0 Å². The molecule has 134 valence electrons. The number of benzene rings is 1. The second kappa shape index (κ2) is 6.67. The molecule has 2 fully saturated rings. The van der Waals surface area contributed by atoms with Gasteiger partial charge in [-0.1, -0.05) is 11.6 Å². The van der Waals surface area contributed by atoms with Gasteiger partial charge >= 0.3 is 5.97 Å². The van der Waals surface area contributed by atoms with Crippen molar-refractivity contribution >= 4 is 35.1 Å². The molecule has 2 heterocycles. The SMILES string of the molecule is CC1(C(=O)O)CCCN(C(=O)C2CC(=O)N(c3ccc(Cl)cc3)C2)C1. The van der Waals surface area contributed by atoms with E-state index in [1.54, 1.807) is 41.0 Å². The molecule has 6 nitrogen and oxygen atoms in total. The maximum absolute atomic E-state index is 12.8. The molecule has 2 amide bonds. The van der Waals surface area contributed by atoms with E-state index in [9.17, 15) is 19.5 Å². The van der Waals surface area contributed by atoms with Gasteiger partial charge in [0.05, 0.1) is 11.3 Å². The minimum atomic E-state index is -0.910. The van der Waals surface area contributed by atoms with Crippen molar-refractivity contribution in [3.63, 3.8) is 0 Å². The van der Waals surface area contributed by atoms with Crippen molar-refractivity contribution in [2.24, 2.45) is 11.3 Å². The van der Waals surface area contributed by atoms with Crippen LogP contribution in [0.3, 0.4) is 0 Å². The summed E-state index contributed by atoms with van der Waals surface area (Å²) in [5.41, 5.74) is -0.189. The maximum atomic E-state index is 12.8. The molecule has 2 unspecified atom stereocenters. The zero-order valence-electron chi connectivity index (χ0n) is 14.1. The van der Waals surface area contributed by atoms with Crippen LogP contribution in [0.4, 0.5) is 5.69 Å². The monoisotopic (exact) mass is 364 g/mol. The molecule has 0 bridgehead atoms. The number of piperidine rings is 1. The topological polar surface area (TPSA) is 77.9 Å². The first kappa shape index (κ1) is 17.7. The third-order valence-corrected chi connectivity index (χ3v) is 5.39. The molecular formula is C18H21ClN2O4. The number of halogens is 1. The number of likely N-dealkylation sites (tertiary alicyclic amines) is 1. The van der Waals surface area contributed by atoms with Crippen molar-refractivity contribution in [3.8, 4) is 0 Å². The lowest BCUT2D eigenvalue weighted by Crippen LogP contribution is -2.50. The van der Waals surface area contributed by atoms with Gasteiger partial charge in [0.2, 0.25) is 11.8 Å². The predicted octanol–water partition coefficient (Wildman–Crippen LogP) is 2.41. The van der Waals surface area contributed by atoms with E-state index in [0.717, 1.165) is 5.69 Å². The Kier molecular flexibility index (Phi) is 4.73. The van der Waals surface area contributed by atoms with Crippen LogP contribution < -0.4 is 4.90 Å². The van der Waals surface area contributed by atoms with Gasteiger partial charge in [0.15, 0.2) is 0 Å². The average molecular weight is 365 g/mol. The van der Waals surface area contributed by atoms with Crippen molar-refractivity contribution in [3.05, 3.63) is 29.3 Å². The number of amides is 2. The third kappa shape index (κ3) is 3.49. The van der Waals surface area contributed by atoms with Crippen LogP contribution in [-0.4, -0.2) is 47.4 Å². The fraction of sp³-hybridized carbons (Fsp3) is 0.500. The smallest absolute Gasteiger partial charge is 0.311 e. The van der Waals surface area contributed by atoms with Crippen LogP contribution in [0.25, 0.3) is 0 Å². The minimum Gasteiger partial charge on any atom is -0.481 e. The van der Waals surface area contributed by atoms with Crippen LogP contribution >= 0.6 is 11.6 Å². The molecule has 25 heavy (non-hydrogen) atoms. The maximum Gasteiger partial charge on any atom is 0.311 e. The van der Waals surface area contributed by atoms with Gasteiger partial charge in [-0.25, -0.2) is 0 Å². The first-order valence-corrected chi connectivity index (χ1v) is 8.76. The largest absolute Gasteiger partial charge is 0.481 e. The van der Waals surface area contributed by atoms with Crippen LogP contribution in [0, 0.1) is 11.3 Å². The van der Waals surface area contributed by atoms with Gasteiger partial charge in [-0.05, 0) is 44.0 Å². The first-order valence-electron chi connectivity index (χ1n) is 8.38. The van der Waals surface area contributed by atoms with Crippen LogP contribution in [0.1, 0.15) is 26.2 Å². The van der Waals surface area contributed by atoms with E-state index in [2.05, 4.69) is 0 Å². The number of nitrogens with zero attached hydrogens (tertiary/aromatic N) is 2. The second-order valence-corrected chi connectivity index (χ2v) is 7.55. The van der Waals surface area contributed by atoms with Crippen LogP contribution in [0.2, 0.25) is 5.02 Å². The fourth-order valence-electron chi connectivity index (χ4n) is 3.60. The molecule has 0 radical (unpaired) electrons. The first-order chi connectivity index (χ1) is 11.8. The van der Waals surface area contributed by atoms with Crippen molar-refractivity contribution in [2.75, 3.05) is 24.5 Å². The summed E-state index contributed by atoms with van der Waals surface area (Å²) in [4.78, 5) is 39.8. The molecule has 2 saturated heterocycles. The molecule has 2 atom stereocenters. The van der Waals surface area contributed by atoms with E-state index in [4.69, 9.17) is 11.6 Å². The Labute approximate surface area is 151 Å². The van der Waals surface area contributed by atoms with Crippen molar-refractivity contribution < 1.29 is 19.5 Å². The second-order valence-electron chi connectivity index (χ2n) is 7.11. The standard InChI is InChI=1S/C18H21ClN2O4/c1-18(17(24)25)7-2-8-20(11-18)16(23)12-9-15(22)21(10-12)14-5-3-13(19)4-6-14/h3-6,12H,2,7-11H2,1H3,(H,24,25). The average Bonchev–Trinajstić information content (AvgIpc) is 2.96. The Hall–Kier alpha value is -2.08. The van der Waals surface area contributed by atoms with Gasteiger partial charge in [-0.3, -0.25) is 14.4 Å². The van der Waals surface area contributed by atoms with Crippen LogP contribution in [0.15, 0.2) is 24.3 Å². The zero-order valence-corrected chi connectivity index (χ0v) is 14.8. The Morgan fingerprint density at radius 1 is 1.28 bits per heavy atom. The summed E-state index contributed by atoms with van der Waals surface area (Å²) in [5, 5.41) is 9.99. The summed E-state index contributed by atoms with van der Waals surface area (Å²) in [6.07, 6.45) is 1.38. The van der Waals surface area contributed by atoms with E-state index in [0.29, 0.717) is 31.0 Å². The number of carbonyl (C=O) groups excluding carboxylic acids is 2. The molecule has 2 aliphatic heterocycles. The fourth-order valence-corrected chi connectivity index (χ4v) is 3.73. The molecule has 3 rings (SSSR count). The molecule has 1 aromatic rings. The van der Waals surface area contributed by atoms with Crippen molar-refractivity contribution in [2.45, 2.75) is 26.2 Å². The van der Waals surface area contributed by atoms with E-state index in [-0.39, 0.29) is 24.8 Å². The van der Waals surface area contributed by atoms with Crippen LogP contribution in [-0.2, 0) is 14.4 Å². The Morgan fingerprint density at radius 3 is 2.60 bits per heavy atom. The Balaban J connectivity index is 1.70. The van der Waals surface area contributed by atoms with Crippen molar-refractivity contribution in [1.29, 1.82) is 0 Å². The lowest BCUT2D eigenvalue weighted by atomic mass is 9.81. The summed E-state index contributed by atoms with van der Waals surface area (Å²) in [6, 6.07) is 6.94.